The van der Waals surface area contributed by atoms with E-state index in [1.807, 2.05) is 42.5 Å². The zero-order valence-corrected chi connectivity index (χ0v) is 12.2. The summed E-state index contributed by atoms with van der Waals surface area (Å²) >= 11 is 0. The van der Waals surface area contributed by atoms with Crippen molar-refractivity contribution >= 4 is 28.4 Å². The van der Waals surface area contributed by atoms with Crippen LogP contribution in [-0.2, 0) is 4.79 Å². The van der Waals surface area contributed by atoms with Gasteiger partial charge in [-0.05, 0) is 35.7 Å². The van der Waals surface area contributed by atoms with E-state index in [0.29, 0.717) is 19.4 Å². The predicted molar refractivity (Wildman–Crippen MR) is 87.4 cm³/mol. The minimum atomic E-state index is -0.624. The van der Waals surface area contributed by atoms with Gasteiger partial charge >= 0.3 is 6.03 Å². The van der Waals surface area contributed by atoms with E-state index < -0.39 is 12.1 Å². The lowest BCUT2D eigenvalue weighted by atomic mass is 10.1. The van der Waals surface area contributed by atoms with E-state index in [9.17, 15) is 9.59 Å². The van der Waals surface area contributed by atoms with Gasteiger partial charge in [-0.2, -0.15) is 0 Å². The molecule has 0 saturated carbocycles. The molecule has 116 valence electrons. The average Bonchev–Trinajstić information content (AvgIpc) is 2.51. The van der Waals surface area contributed by atoms with Crippen LogP contribution in [0.5, 0.6) is 0 Å². The molecule has 2 aromatic rings. The Kier molecular flexibility index (Phi) is 5.32. The number of urea groups is 1. The molecular formula is C16H20N4O2. The number of fused-ring (bicyclic) bond motifs is 1. The fraction of sp³-hybridized carbons (Fsp3) is 0.250. The van der Waals surface area contributed by atoms with E-state index in [0.717, 1.165) is 16.5 Å². The Bertz CT molecular complexity index is 672. The summed E-state index contributed by atoms with van der Waals surface area (Å²) in [6.45, 7) is 0.409. The van der Waals surface area contributed by atoms with Crippen molar-refractivity contribution in [1.29, 1.82) is 0 Å². The van der Waals surface area contributed by atoms with Gasteiger partial charge in [0.1, 0.15) is 0 Å². The Hall–Kier alpha value is -2.60. The van der Waals surface area contributed by atoms with Crippen LogP contribution in [0.3, 0.4) is 0 Å². The molecule has 0 spiro atoms. The maximum Gasteiger partial charge on any atom is 0.312 e. The quantitative estimate of drug-likeness (QED) is 0.607. The summed E-state index contributed by atoms with van der Waals surface area (Å²) in [5.41, 5.74) is 11.5. The fourth-order valence-corrected chi connectivity index (χ4v) is 2.17. The van der Waals surface area contributed by atoms with Gasteiger partial charge in [-0.25, -0.2) is 4.79 Å². The number of carbonyl (C=O) groups excluding carboxylic acids is 2. The third-order valence-corrected chi connectivity index (χ3v) is 3.34. The predicted octanol–water partition coefficient (Wildman–Crippen LogP) is 1.55. The summed E-state index contributed by atoms with van der Waals surface area (Å²) in [4.78, 5) is 22.6. The van der Waals surface area contributed by atoms with E-state index in [2.05, 4.69) is 10.6 Å². The number of rotatable bonds is 6. The van der Waals surface area contributed by atoms with Crippen LogP contribution in [0.1, 0.15) is 12.8 Å². The lowest BCUT2D eigenvalue weighted by molar-refractivity contribution is -0.117. The summed E-state index contributed by atoms with van der Waals surface area (Å²) < 4.78 is 0. The Balaban J connectivity index is 1.88. The molecule has 6 heteroatoms. The molecule has 0 aliphatic carbocycles. The Morgan fingerprint density at radius 3 is 2.55 bits per heavy atom. The van der Waals surface area contributed by atoms with Gasteiger partial charge in [-0.1, -0.05) is 30.3 Å². The first kappa shape index (κ1) is 15.8. The minimum absolute atomic E-state index is 0.241. The number of hydrogen-bond donors (Lipinski definition) is 4. The smallest absolute Gasteiger partial charge is 0.312 e. The lowest BCUT2D eigenvalue weighted by Gasteiger charge is -2.12. The maximum atomic E-state index is 12.0. The van der Waals surface area contributed by atoms with Gasteiger partial charge in [0.2, 0.25) is 5.91 Å². The topological polar surface area (TPSA) is 110 Å². The molecule has 0 unspecified atom stereocenters. The molecule has 0 aromatic heterocycles. The van der Waals surface area contributed by atoms with Crippen LogP contribution in [-0.4, -0.2) is 24.5 Å². The number of nitrogens with two attached hydrogens (primary N) is 2. The second kappa shape index (κ2) is 7.42. The lowest BCUT2D eigenvalue weighted by Crippen LogP contribution is -2.37. The van der Waals surface area contributed by atoms with Crippen molar-refractivity contribution in [2.45, 2.75) is 18.9 Å². The van der Waals surface area contributed by atoms with Crippen molar-refractivity contribution in [1.82, 2.24) is 5.32 Å². The van der Waals surface area contributed by atoms with Crippen molar-refractivity contribution in [2.24, 2.45) is 11.5 Å². The van der Waals surface area contributed by atoms with Crippen molar-refractivity contribution in [3.05, 3.63) is 42.5 Å². The number of carbonyl (C=O) groups is 2. The molecule has 0 aliphatic rings. The van der Waals surface area contributed by atoms with E-state index in [1.165, 1.54) is 0 Å². The summed E-state index contributed by atoms with van der Waals surface area (Å²) in [6, 6.07) is 12.4. The van der Waals surface area contributed by atoms with Gasteiger partial charge < -0.3 is 22.1 Å². The van der Waals surface area contributed by atoms with Gasteiger partial charge in [-0.3, -0.25) is 4.79 Å². The Labute approximate surface area is 128 Å². The van der Waals surface area contributed by atoms with Gasteiger partial charge in [0.15, 0.2) is 0 Å². The maximum absolute atomic E-state index is 12.0. The standard InChI is InChI=1S/C16H20N4O2/c17-14(6-3-9-19-16(18)22)15(21)20-13-8-7-11-4-1-2-5-12(11)10-13/h1-2,4-5,7-8,10,14H,3,6,9,17H2,(H,20,21)(H3,18,19,22)/t14-/m0/s1. The number of benzene rings is 2. The minimum Gasteiger partial charge on any atom is -0.352 e. The van der Waals surface area contributed by atoms with Gasteiger partial charge in [0.05, 0.1) is 6.04 Å². The van der Waals surface area contributed by atoms with Crippen molar-refractivity contribution < 1.29 is 9.59 Å². The Morgan fingerprint density at radius 2 is 1.82 bits per heavy atom. The van der Waals surface area contributed by atoms with Crippen LogP contribution in [0, 0.1) is 0 Å². The first-order valence-corrected chi connectivity index (χ1v) is 7.15. The van der Waals surface area contributed by atoms with Gasteiger partial charge in [-0.15, -0.1) is 0 Å². The zero-order valence-electron chi connectivity index (χ0n) is 12.2. The molecular weight excluding hydrogens is 280 g/mol. The molecule has 1 atom stereocenters. The van der Waals surface area contributed by atoms with E-state index in [4.69, 9.17) is 11.5 Å². The molecule has 0 radical (unpaired) electrons. The molecule has 6 nitrogen and oxygen atoms in total. The van der Waals surface area contributed by atoms with E-state index in [-0.39, 0.29) is 5.91 Å². The number of amides is 3. The molecule has 6 N–H and O–H groups in total. The molecule has 2 rings (SSSR count). The first-order valence-electron chi connectivity index (χ1n) is 7.15. The Morgan fingerprint density at radius 1 is 1.09 bits per heavy atom. The SMILES string of the molecule is NC(=O)NCCC[C@H](N)C(=O)Nc1ccc2ccccc2c1. The highest BCUT2D eigenvalue weighted by Gasteiger charge is 2.13. The molecule has 0 saturated heterocycles. The number of anilines is 1. The number of hydrogen-bond acceptors (Lipinski definition) is 3. The molecule has 3 amide bonds. The van der Waals surface area contributed by atoms with Crippen LogP contribution in [0.2, 0.25) is 0 Å². The third kappa shape index (κ3) is 4.46. The summed E-state index contributed by atoms with van der Waals surface area (Å²) in [6.07, 6.45) is 1.06. The normalized spacial score (nSPS) is 11.9. The van der Waals surface area contributed by atoms with Crippen molar-refractivity contribution in [3.8, 4) is 0 Å². The second-order valence-electron chi connectivity index (χ2n) is 5.09. The van der Waals surface area contributed by atoms with Crippen molar-refractivity contribution in [2.75, 3.05) is 11.9 Å². The first-order chi connectivity index (χ1) is 10.6. The van der Waals surface area contributed by atoms with E-state index in [1.54, 1.807) is 0 Å². The summed E-state index contributed by atoms with van der Waals surface area (Å²) in [5.74, 6) is -0.241. The summed E-state index contributed by atoms with van der Waals surface area (Å²) in [5, 5.41) is 7.44. The van der Waals surface area contributed by atoms with Crippen LogP contribution < -0.4 is 22.1 Å². The van der Waals surface area contributed by atoms with Crippen LogP contribution in [0.25, 0.3) is 10.8 Å². The third-order valence-electron chi connectivity index (χ3n) is 3.34. The van der Waals surface area contributed by atoms with Crippen LogP contribution in [0.15, 0.2) is 42.5 Å². The van der Waals surface area contributed by atoms with Crippen LogP contribution >= 0.6 is 0 Å². The van der Waals surface area contributed by atoms with Crippen LogP contribution in [0.4, 0.5) is 10.5 Å². The number of primary amides is 1. The monoisotopic (exact) mass is 300 g/mol. The van der Waals surface area contributed by atoms with Gasteiger partial charge in [0.25, 0.3) is 0 Å². The molecule has 0 aliphatic heterocycles. The highest BCUT2D eigenvalue weighted by Crippen LogP contribution is 2.19. The van der Waals surface area contributed by atoms with E-state index >= 15 is 0 Å². The summed E-state index contributed by atoms with van der Waals surface area (Å²) in [7, 11) is 0. The highest BCUT2D eigenvalue weighted by atomic mass is 16.2. The highest BCUT2D eigenvalue weighted by molar-refractivity contribution is 5.97. The largest absolute Gasteiger partial charge is 0.352 e. The molecule has 0 fully saturated rings. The second-order valence-corrected chi connectivity index (χ2v) is 5.09. The molecule has 0 heterocycles. The van der Waals surface area contributed by atoms with Gasteiger partial charge in [0, 0.05) is 12.2 Å². The zero-order chi connectivity index (χ0) is 15.9. The molecule has 2 aromatic carbocycles. The number of nitrogens with one attached hydrogen (secondary N) is 2. The van der Waals surface area contributed by atoms with Crippen molar-refractivity contribution in [3.63, 3.8) is 0 Å². The fourth-order valence-electron chi connectivity index (χ4n) is 2.17. The molecule has 0 bridgehead atoms. The average molecular weight is 300 g/mol. The molecule has 22 heavy (non-hydrogen) atoms.